The van der Waals surface area contributed by atoms with Crippen LogP contribution in [0.25, 0.3) is 6.08 Å². The van der Waals surface area contributed by atoms with Gasteiger partial charge in [-0.15, -0.1) is 0 Å². The molecule has 3 nitrogen and oxygen atoms in total. The first-order valence-electron chi connectivity index (χ1n) is 6.16. The van der Waals surface area contributed by atoms with Gasteiger partial charge in [-0.25, -0.2) is 0 Å². The van der Waals surface area contributed by atoms with Crippen molar-refractivity contribution in [2.75, 3.05) is 6.54 Å². The van der Waals surface area contributed by atoms with E-state index in [1.807, 2.05) is 72.8 Å². The van der Waals surface area contributed by atoms with Crippen molar-refractivity contribution in [2.45, 2.75) is 5.92 Å². The van der Waals surface area contributed by atoms with Gasteiger partial charge < -0.3 is 0 Å². The molecule has 0 aliphatic heterocycles. The van der Waals surface area contributed by atoms with Gasteiger partial charge in [-0.2, -0.15) is 0 Å². The van der Waals surface area contributed by atoms with Crippen molar-refractivity contribution < 1.29 is 4.92 Å². The Kier molecular flexibility index (Phi) is 4.45. The van der Waals surface area contributed by atoms with Crippen LogP contribution in [0.5, 0.6) is 0 Å². The predicted molar refractivity (Wildman–Crippen MR) is 76.5 cm³/mol. The van der Waals surface area contributed by atoms with Crippen LogP contribution in [0.15, 0.2) is 66.7 Å². The van der Waals surface area contributed by atoms with Crippen LogP contribution >= 0.6 is 0 Å². The van der Waals surface area contributed by atoms with Crippen molar-refractivity contribution in [2.24, 2.45) is 0 Å². The molecule has 2 aromatic carbocycles. The molecular weight excluding hydrogens is 238 g/mol. The minimum Gasteiger partial charge on any atom is -0.265 e. The van der Waals surface area contributed by atoms with Gasteiger partial charge in [-0.1, -0.05) is 72.8 Å². The number of benzene rings is 2. The predicted octanol–water partition coefficient (Wildman–Crippen LogP) is 3.76. The fraction of sp³-hybridized carbons (Fsp3) is 0.125. The summed E-state index contributed by atoms with van der Waals surface area (Å²) in [5.41, 5.74) is 2.01. The number of hydrogen-bond acceptors (Lipinski definition) is 2. The quantitative estimate of drug-likeness (QED) is 0.601. The van der Waals surface area contributed by atoms with E-state index in [-0.39, 0.29) is 17.4 Å². The molecule has 0 saturated heterocycles. The van der Waals surface area contributed by atoms with E-state index in [2.05, 4.69) is 0 Å². The zero-order valence-corrected chi connectivity index (χ0v) is 10.5. The van der Waals surface area contributed by atoms with E-state index in [1.54, 1.807) is 0 Å². The third-order valence-corrected chi connectivity index (χ3v) is 2.89. The van der Waals surface area contributed by atoms with Crippen LogP contribution in [-0.4, -0.2) is 11.5 Å². The van der Waals surface area contributed by atoms with Gasteiger partial charge in [-0.3, -0.25) is 10.1 Å². The topological polar surface area (TPSA) is 43.1 Å². The molecule has 2 rings (SSSR count). The first kappa shape index (κ1) is 13.0. The van der Waals surface area contributed by atoms with Crippen LogP contribution in [0.2, 0.25) is 0 Å². The van der Waals surface area contributed by atoms with Gasteiger partial charge in [0.15, 0.2) is 0 Å². The zero-order chi connectivity index (χ0) is 13.5. The largest absolute Gasteiger partial charge is 0.265 e. The highest BCUT2D eigenvalue weighted by atomic mass is 16.6. The first-order chi connectivity index (χ1) is 9.25. The van der Waals surface area contributed by atoms with Gasteiger partial charge in [0.25, 0.3) is 0 Å². The minimum absolute atomic E-state index is 0.0899. The maximum absolute atomic E-state index is 10.8. The number of nitro groups is 1. The number of hydrogen-bond donors (Lipinski definition) is 0. The molecule has 0 unspecified atom stereocenters. The zero-order valence-electron chi connectivity index (χ0n) is 10.5. The van der Waals surface area contributed by atoms with Crippen LogP contribution in [0.1, 0.15) is 17.0 Å². The van der Waals surface area contributed by atoms with Gasteiger partial charge >= 0.3 is 0 Å². The summed E-state index contributed by atoms with van der Waals surface area (Å²) in [5, 5.41) is 10.8. The maximum atomic E-state index is 10.8. The summed E-state index contributed by atoms with van der Waals surface area (Å²) in [5.74, 6) is -0.198. The molecule has 19 heavy (non-hydrogen) atoms. The molecule has 0 aliphatic carbocycles. The monoisotopic (exact) mass is 253 g/mol. The highest BCUT2D eigenvalue weighted by molar-refractivity contribution is 5.50. The van der Waals surface area contributed by atoms with E-state index in [9.17, 15) is 10.1 Å². The van der Waals surface area contributed by atoms with Crippen molar-refractivity contribution >= 4 is 6.08 Å². The van der Waals surface area contributed by atoms with Crippen molar-refractivity contribution in [1.82, 2.24) is 0 Å². The molecule has 0 saturated carbocycles. The lowest BCUT2D eigenvalue weighted by atomic mass is 9.98. The molecule has 1 atom stereocenters. The Bertz CT molecular complexity index is 549. The lowest BCUT2D eigenvalue weighted by Crippen LogP contribution is -2.10. The molecule has 2 aromatic rings. The van der Waals surface area contributed by atoms with Crippen LogP contribution in [0, 0.1) is 10.1 Å². The summed E-state index contributed by atoms with van der Waals surface area (Å²) in [4.78, 5) is 10.5. The van der Waals surface area contributed by atoms with Gasteiger partial charge in [0.1, 0.15) is 0 Å². The Hall–Kier alpha value is -2.42. The van der Waals surface area contributed by atoms with Gasteiger partial charge in [0.2, 0.25) is 6.54 Å². The Morgan fingerprint density at radius 1 is 1.00 bits per heavy atom. The molecule has 0 aliphatic rings. The average Bonchev–Trinajstić information content (AvgIpc) is 2.45. The number of rotatable bonds is 5. The molecule has 0 radical (unpaired) electrons. The highest BCUT2D eigenvalue weighted by Crippen LogP contribution is 2.18. The van der Waals surface area contributed by atoms with E-state index < -0.39 is 0 Å². The molecule has 0 heterocycles. The van der Waals surface area contributed by atoms with Crippen molar-refractivity contribution in [1.29, 1.82) is 0 Å². The molecule has 0 bridgehead atoms. The second-order valence-corrected chi connectivity index (χ2v) is 4.30. The van der Waals surface area contributed by atoms with E-state index in [4.69, 9.17) is 0 Å². The second kappa shape index (κ2) is 6.50. The lowest BCUT2D eigenvalue weighted by molar-refractivity contribution is -0.481. The summed E-state index contributed by atoms with van der Waals surface area (Å²) in [6.07, 6.45) is 3.83. The van der Waals surface area contributed by atoms with E-state index in [0.29, 0.717) is 0 Å². The maximum Gasteiger partial charge on any atom is 0.214 e. The van der Waals surface area contributed by atoms with Crippen LogP contribution < -0.4 is 0 Å². The second-order valence-electron chi connectivity index (χ2n) is 4.30. The fourth-order valence-corrected chi connectivity index (χ4v) is 1.93. The van der Waals surface area contributed by atoms with E-state index in [1.165, 1.54) is 0 Å². The standard InChI is InChI=1S/C16H15NO2/c18-17(19)13-16(15-9-5-2-6-10-15)12-11-14-7-3-1-4-8-14/h1-12,16H,13H2/b12-11+/t16-/m1/s1. The molecule has 0 spiro atoms. The van der Waals surface area contributed by atoms with Gasteiger partial charge in [0, 0.05) is 4.92 Å². The first-order valence-corrected chi connectivity index (χ1v) is 6.16. The molecule has 0 amide bonds. The lowest BCUT2D eigenvalue weighted by Gasteiger charge is -2.08. The van der Waals surface area contributed by atoms with E-state index >= 15 is 0 Å². The smallest absolute Gasteiger partial charge is 0.214 e. The summed E-state index contributed by atoms with van der Waals surface area (Å²) in [6, 6.07) is 19.4. The fourth-order valence-electron chi connectivity index (χ4n) is 1.93. The minimum atomic E-state index is -0.271. The van der Waals surface area contributed by atoms with Crippen LogP contribution in [0.4, 0.5) is 0 Å². The van der Waals surface area contributed by atoms with Gasteiger partial charge in [0.05, 0.1) is 5.92 Å². The normalized spacial score (nSPS) is 12.4. The Labute approximate surface area is 112 Å². The molecule has 96 valence electrons. The molecular formula is C16H15NO2. The third kappa shape index (κ3) is 4.07. The van der Waals surface area contributed by atoms with Crippen molar-refractivity contribution in [3.63, 3.8) is 0 Å². The highest BCUT2D eigenvalue weighted by Gasteiger charge is 2.13. The van der Waals surface area contributed by atoms with Crippen LogP contribution in [-0.2, 0) is 0 Å². The summed E-state index contributed by atoms with van der Waals surface area (Å²) in [7, 11) is 0. The average molecular weight is 253 g/mol. The van der Waals surface area contributed by atoms with Crippen molar-refractivity contribution in [3.8, 4) is 0 Å². The molecule has 3 heteroatoms. The Balaban J connectivity index is 2.19. The van der Waals surface area contributed by atoms with Crippen molar-refractivity contribution in [3.05, 3.63) is 88.0 Å². The third-order valence-electron chi connectivity index (χ3n) is 2.89. The summed E-state index contributed by atoms with van der Waals surface area (Å²) in [6.45, 7) is -0.0899. The summed E-state index contributed by atoms with van der Waals surface area (Å²) >= 11 is 0. The molecule has 0 fully saturated rings. The van der Waals surface area contributed by atoms with E-state index in [0.717, 1.165) is 11.1 Å². The van der Waals surface area contributed by atoms with Gasteiger partial charge in [-0.05, 0) is 11.1 Å². The van der Waals surface area contributed by atoms with Crippen LogP contribution in [0.3, 0.4) is 0 Å². The Morgan fingerprint density at radius 2 is 1.58 bits per heavy atom. The SMILES string of the molecule is O=[N+]([O-])C[C@@H](/C=C/c1ccccc1)c1ccccc1. The number of nitrogens with zero attached hydrogens (tertiary/aromatic N) is 1. The molecule has 0 aromatic heterocycles. The molecule has 0 N–H and O–H groups in total. The Morgan fingerprint density at radius 3 is 2.16 bits per heavy atom. The summed E-state index contributed by atoms with van der Waals surface area (Å²) < 4.78 is 0.